The third-order valence-corrected chi connectivity index (χ3v) is 6.77. The van der Waals surface area contributed by atoms with Crippen molar-refractivity contribution in [2.75, 3.05) is 33.9 Å². The first-order valence-corrected chi connectivity index (χ1v) is 13.1. The van der Waals surface area contributed by atoms with Crippen molar-refractivity contribution in [3.8, 4) is 23.0 Å². The standard InChI is InChI=1S/C27H36N8O4/c1-7-38-26-18-8-9-20-19-10-21(28-11-22(19)30-29-20)25-23(15-37-6)31-34(5)27(25)39-17(3)12-33(4)13-24(18)35(32-26)16(2)14-36/h8-11,16-17,36H,7,12-15H2,1-6H3,(H,29,30)/b9-8+/t16-,17-/m0/s1. The van der Waals surface area contributed by atoms with Crippen molar-refractivity contribution in [2.24, 2.45) is 7.05 Å². The Bertz CT molecular complexity index is 1490. The molecule has 2 N–H and O–H groups in total. The Morgan fingerprint density at radius 3 is 2.82 bits per heavy atom. The highest BCUT2D eigenvalue weighted by atomic mass is 16.5. The van der Waals surface area contributed by atoms with E-state index < -0.39 is 0 Å². The average molecular weight is 537 g/mol. The fourth-order valence-corrected chi connectivity index (χ4v) is 5.01. The molecule has 4 aromatic rings. The molecular formula is C27H36N8O4. The van der Waals surface area contributed by atoms with Crippen LogP contribution >= 0.6 is 0 Å². The van der Waals surface area contributed by atoms with Gasteiger partial charge < -0.3 is 19.3 Å². The van der Waals surface area contributed by atoms with E-state index in [4.69, 9.17) is 24.3 Å². The largest absolute Gasteiger partial charge is 0.476 e. The normalized spacial score (nSPS) is 17.8. The summed E-state index contributed by atoms with van der Waals surface area (Å²) in [5.74, 6) is 1.15. The van der Waals surface area contributed by atoms with Crippen LogP contribution in [-0.4, -0.2) is 84.8 Å². The zero-order valence-corrected chi connectivity index (χ0v) is 23.3. The molecular weight excluding hydrogens is 500 g/mol. The fourth-order valence-electron chi connectivity index (χ4n) is 5.01. The summed E-state index contributed by atoms with van der Waals surface area (Å²) >= 11 is 0. The summed E-state index contributed by atoms with van der Waals surface area (Å²) in [6.07, 6.45) is 5.55. The minimum atomic E-state index is -0.221. The minimum absolute atomic E-state index is 0.0422. The highest BCUT2D eigenvalue weighted by Crippen LogP contribution is 2.36. The summed E-state index contributed by atoms with van der Waals surface area (Å²) < 4.78 is 21.5. The second-order valence-electron chi connectivity index (χ2n) is 9.94. The predicted octanol–water partition coefficient (Wildman–Crippen LogP) is 3.04. The molecule has 5 rings (SSSR count). The third-order valence-electron chi connectivity index (χ3n) is 6.77. The molecule has 0 unspecified atom stereocenters. The third kappa shape index (κ3) is 5.14. The second kappa shape index (κ2) is 11.2. The molecule has 12 nitrogen and oxygen atoms in total. The molecule has 0 aliphatic carbocycles. The lowest BCUT2D eigenvalue weighted by molar-refractivity contribution is 0.145. The Labute approximate surface area is 227 Å². The van der Waals surface area contributed by atoms with Crippen molar-refractivity contribution in [3.05, 3.63) is 34.9 Å². The summed E-state index contributed by atoms with van der Waals surface area (Å²) in [7, 11) is 5.55. The number of hydrogen-bond donors (Lipinski definition) is 2. The van der Waals surface area contributed by atoms with Gasteiger partial charge in [0.25, 0.3) is 0 Å². The van der Waals surface area contributed by atoms with Crippen LogP contribution < -0.4 is 9.47 Å². The maximum atomic E-state index is 9.97. The number of nitrogens with one attached hydrogen (secondary N) is 1. The van der Waals surface area contributed by atoms with Gasteiger partial charge >= 0.3 is 0 Å². The smallest absolute Gasteiger partial charge is 0.240 e. The molecule has 2 atom stereocenters. The van der Waals surface area contributed by atoms with Crippen LogP contribution in [0.4, 0.5) is 0 Å². The Hall–Kier alpha value is -3.74. The molecule has 0 aromatic carbocycles. The van der Waals surface area contributed by atoms with Crippen molar-refractivity contribution in [3.63, 3.8) is 0 Å². The number of aliphatic hydroxyl groups excluding tert-OH is 1. The lowest BCUT2D eigenvalue weighted by Crippen LogP contribution is -2.32. The summed E-state index contributed by atoms with van der Waals surface area (Å²) in [6, 6.07) is 1.78. The SMILES string of the molecule is CCOc1nn([C@@H](C)CO)c2c1/C=C/c1n[nH]c3cnc(cc13)-c1c(COC)nn(C)c1O[C@@H](C)CN(C)C2. The number of H-pyrrole nitrogens is 1. The number of nitrogens with zero attached hydrogens (tertiary/aromatic N) is 7. The van der Waals surface area contributed by atoms with E-state index in [0.717, 1.165) is 44.8 Å². The van der Waals surface area contributed by atoms with Gasteiger partial charge in [0.15, 0.2) is 0 Å². The first-order chi connectivity index (χ1) is 18.8. The van der Waals surface area contributed by atoms with Gasteiger partial charge in [-0.25, -0.2) is 4.68 Å². The summed E-state index contributed by atoms with van der Waals surface area (Å²) in [5, 5.41) is 27.9. The van der Waals surface area contributed by atoms with Crippen molar-refractivity contribution in [1.82, 2.24) is 39.6 Å². The number of likely N-dealkylation sites (N-methyl/N-ethyl adjacent to an activating group) is 1. The van der Waals surface area contributed by atoms with E-state index in [1.54, 1.807) is 18.0 Å². The van der Waals surface area contributed by atoms with Gasteiger partial charge in [0.2, 0.25) is 11.8 Å². The van der Waals surface area contributed by atoms with E-state index in [-0.39, 0.29) is 18.8 Å². The zero-order chi connectivity index (χ0) is 27.7. The van der Waals surface area contributed by atoms with Gasteiger partial charge in [-0.1, -0.05) is 0 Å². The number of ether oxygens (including phenoxy) is 3. The second-order valence-corrected chi connectivity index (χ2v) is 9.94. The molecule has 0 amide bonds. The molecule has 4 aromatic heterocycles. The van der Waals surface area contributed by atoms with Crippen molar-refractivity contribution in [1.29, 1.82) is 0 Å². The van der Waals surface area contributed by atoms with Crippen LogP contribution in [0.15, 0.2) is 12.3 Å². The van der Waals surface area contributed by atoms with Crippen LogP contribution in [0.3, 0.4) is 0 Å². The van der Waals surface area contributed by atoms with E-state index in [9.17, 15) is 5.11 Å². The first kappa shape index (κ1) is 26.9. The van der Waals surface area contributed by atoms with Gasteiger partial charge in [0.05, 0.1) is 65.8 Å². The molecule has 12 heteroatoms. The molecule has 0 fully saturated rings. The molecule has 39 heavy (non-hydrogen) atoms. The van der Waals surface area contributed by atoms with E-state index in [0.29, 0.717) is 38.1 Å². The monoisotopic (exact) mass is 536 g/mol. The molecule has 0 saturated carbocycles. The van der Waals surface area contributed by atoms with Crippen LogP contribution in [0, 0.1) is 0 Å². The quantitative estimate of drug-likeness (QED) is 0.382. The minimum Gasteiger partial charge on any atom is -0.476 e. The molecule has 0 radical (unpaired) electrons. The van der Waals surface area contributed by atoms with Crippen molar-refractivity contribution in [2.45, 2.75) is 46.1 Å². The van der Waals surface area contributed by atoms with Gasteiger partial charge in [-0.15, -0.1) is 5.10 Å². The maximum Gasteiger partial charge on any atom is 0.240 e. The van der Waals surface area contributed by atoms with Gasteiger partial charge in [-0.05, 0) is 46.0 Å². The average Bonchev–Trinajstić information content (AvgIpc) is 3.55. The number of hydrogen-bond acceptors (Lipinski definition) is 9. The van der Waals surface area contributed by atoms with Gasteiger partial charge in [-0.3, -0.25) is 19.7 Å². The fraction of sp³-hybridized carbons (Fsp3) is 0.481. The van der Waals surface area contributed by atoms with E-state index >= 15 is 0 Å². The molecule has 2 bridgehead atoms. The summed E-state index contributed by atoms with van der Waals surface area (Å²) in [6.45, 7) is 7.86. The van der Waals surface area contributed by atoms with Crippen LogP contribution in [-0.2, 0) is 24.9 Å². The number of fused-ring (bicyclic) bond motifs is 4. The Morgan fingerprint density at radius 2 is 2.08 bits per heavy atom. The lowest BCUT2D eigenvalue weighted by atomic mass is 10.1. The van der Waals surface area contributed by atoms with Crippen LogP contribution in [0.25, 0.3) is 34.3 Å². The number of methoxy groups -OCH3 is 1. The van der Waals surface area contributed by atoms with E-state index in [2.05, 4.69) is 20.2 Å². The number of aryl methyl sites for hydroxylation is 1. The Balaban J connectivity index is 1.72. The molecule has 5 heterocycles. The highest BCUT2D eigenvalue weighted by Gasteiger charge is 2.26. The summed E-state index contributed by atoms with van der Waals surface area (Å²) in [5.41, 5.74) is 5.63. The Morgan fingerprint density at radius 1 is 1.26 bits per heavy atom. The number of aromatic nitrogens is 7. The van der Waals surface area contributed by atoms with Gasteiger partial charge in [-0.2, -0.15) is 10.2 Å². The lowest BCUT2D eigenvalue weighted by Gasteiger charge is -2.24. The number of pyridine rings is 1. The zero-order valence-electron chi connectivity index (χ0n) is 23.3. The Kier molecular flexibility index (Phi) is 7.69. The van der Waals surface area contributed by atoms with Crippen molar-refractivity contribution >= 4 is 23.1 Å². The molecule has 208 valence electrons. The maximum absolute atomic E-state index is 9.97. The van der Waals surface area contributed by atoms with Crippen LogP contribution in [0.5, 0.6) is 11.8 Å². The molecule has 1 aliphatic rings. The molecule has 1 aliphatic heterocycles. The van der Waals surface area contributed by atoms with Gasteiger partial charge in [0, 0.05) is 32.6 Å². The van der Waals surface area contributed by atoms with Crippen LogP contribution in [0.2, 0.25) is 0 Å². The topological polar surface area (TPSA) is 128 Å². The van der Waals surface area contributed by atoms with Crippen molar-refractivity contribution < 1.29 is 19.3 Å². The van der Waals surface area contributed by atoms with E-state index in [1.807, 2.05) is 57.8 Å². The summed E-state index contributed by atoms with van der Waals surface area (Å²) in [4.78, 5) is 6.90. The first-order valence-electron chi connectivity index (χ1n) is 13.1. The van der Waals surface area contributed by atoms with Gasteiger partial charge in [0.1, 0.15) is 11.8 Å². The number of aliphatic hydroxyl groups is 1. The van der Waals surface area contributed by atoms with E-state index in [1.165, 1.54) is 0 Å². The highest BCUT2D eigenvalue weighted by molar-refractivity contribution is 5.92. The van der Waals surface area contributed by atoms with Crippen LogP contribution in [0.1, 0.15) is 49.5 Å². The molecule has 0 spiro atoms. The number of aromatic amines is 1. The number of rotatable bonds is 6. The predicted molar refractivity (Wildman–Crippen MR) is 147 cm³/mol. The molecule has 0 saturated heterocycles.